The van der Waals surface area contributed by atoms with Crippen LogP contribution in [0.15, 0.2) is 40.9 Å². The van der Waals surface area contributed by atoms with E-state index in [1.165, 1.54) is 0 Å². The van der Waals surface area contributed by atoms with Gasteiger partial charge in [-0.2, -0.15) is 0 Å². The summed E-state index contributed by atoms with van der Waals surface area (Å²) in [6.45, 7) is 1.78. The maximum Gasteiger partial charge on any atom is 0.231 e. The molecule has 0 saturated carbocycles. The molecule has 0 amide bonds. The number of carbonyl (C=O) groups excluding carboxylic acids is 1. The lowest BCUT2D eigenvalue weighted by molar-refractivity contribution is 0.100. The number of nitrogens with zero attached hydrogens (tertiary/aromatic N) is 1. The fourth-order valence-corrected chi connectivity index (χ4v) is 1.20. The van der Waals surface area contributed by atoms with E-state index in [0.717, 1.165) is 0 Å². The summed E-state index contributed by atoms with van der Waals surface area (Å²) >= 11 is 0. The highest BCUT2D eigenvalue weighted by Gasteiger charge is 2.12. The molecule has 0 spiro atoms. The minimum absolute atomic E-state index is 0.133. The fraction of sp³-hybridized carbons (Fsp3) is 0.0909. The third kappa shape index (κ3) is 1.57. The van der Waals surface area contributed by atoms with Crippen molar-refractivity contribution in [2.75, 3.05) is 0 Å². The molecule has 0 unspecified atom stereocenters. The van der Waals surface area contributed by atoms with E-state index in [1.807, 2.05) is 18.2 Å². The molecule has 1 aromatic heterocycles. The van der Waals surface area contributed by atoms with Gasteiger partial charge in [0.15, 0.2) is 0 Å². The van der Waals surface area contributed by atoms with Crippen molar-refractivity contribution in [3.05, 3.63) is 53.4 Å². The highest BCUT2D eigenvalue weighted by atomic mass is 16.5. The standard InChI is InChI=1S/C11H9NO2/c1-8-7-10(14-12-8)11(13)9-5-3-2-4-6-9/h2-7H,1H3. The molecular weight excluding hydrogens is 178 g/mol. The molecule has 0 atom stereocenters. The Morgan fingerprint density at radius 1 is 1.29 bits per heavy atom. The maximum absolute atomic E-state index is 11.7. The number of hydrogen-bond acceptors (Lipinski definition) is 3. The summed E-state index contributed by atoms with van der Waals surface area (Å²) in [5.74, 6) is 0.153. The first-order chi connectivity index (χ1) is 6.77. The van der Waals surface area contributed by atoms with Crippen molar-refractivity contribution in [2.45, 2.75) is 6.92 Å². The first kappa shape index (κ1) is 8.69. The van der Waals surface area contributed by atoms with Gasteiger partial charge in [0.05, 0.1) is 5.69 Å². The van der Waals surface area contributed by atoms with Crippen LogP contribution in [0.25, 0.3) is 0 Å². The van der Waals surface area contributed by atoms with Crippen LogP contribution in [0.4, 0.5) is 0 Å². The van der Waals surface area contributed by atoms with Crippen LogP contribution in [0, 0.1) is 6.92 Å². The zero-order valence-electron chi connectivity index (χ0n) is 7.73. The summed E-state index contributed by atoms with van der Waals surface area (Å²) in [5.41, 5.74) is 1.33. The van der Waals surface area contributed by atoms with Crippen molar-refractivity contribution >= 4 is 5.78 Å². The summed E-state index contributed by atoms with van der Waals surface area (Å²) < 4.78 is 4.88. The molecular formula is C11H9NO2. The number of aromatic nitrogens is 1. The molecule has 0 aliphatic heterocycles. The molecule has 1 heterocycles. The number of hydrogen-bond donors (Lipinski definition) is 0. The monoisotopic (exact) mass is 187 g/mol. The lowest BCUT2D eigenvalue weighted by Crippen LogP contribution is -1.98. The second-order valence-electron chi connectivity index (χ2n) is 3.03. The van der Waals surface area contributed by atoms with E-state index in [4.69, 9.17) is 4.52 Å². The topological polar surface area (TPSA) is 43.1 Å². The molecule has 0 saturated heterocycles. The smallest absolute Gasteiger partial charge is 0.231 e. The number of benzene rings is 1. The molecule has 0 aliphatic carbocycles. The summed E-state index contributed by atoms with van der Waals surface area (Å²) in [5, 5.41) is 3.67. The molecule has 14 heavy (non-hydrogen) atoms. The van der Waals surface area contributed by atoms with E-state index >= 15 is 0 Å². The number of rotatable bonds is 2. The average molecular weight is 187 g/mol. The van der Waals surface area contributed by atoms with Gasteiger partial charge in [-0.1, -0.05) is 35.5 Å². The Labute approximate surface area is 81.3 Å². The number of carbonyl (C=O) groups is 1. The molecule has 0 fully saturated rings. The van der Waals surface area contributed by atoms with Gasteiger partial charge in [0, 0.05) is 11.6 Å². The van der Waals surface area contributed by atoms with E-state index in [9.17, 15) is 4.79 Å². The second-order valence-corrected chi connectivity index (χ2v) is 3.03. The highest BCUT2D eigenvalue weighted by Crippen LogP contribution is 2.10. The minimum Gasteiger partial charge on any atom is -0.352 e. The largest absolute Gasteiger partial charge is 0.352 e. The van der Waals surface area contributed by atoms with Gasteiger partial charge in [-0.05, 0) is 6.92 Å². The van der Waals surface area contributed by atoms with Crippen molar-refractivity contribution in [1.29, 1.82) is 0 Å². The predicted molar refractivity (Wildman–Crippen MR) is 51.1 cm³/mol. The quantitative estimate of drug-likeness (QED) is 0.677. The Bertz CT molecular complexity index is 445. The highest BCUT2D eigenvalue weighted by molar-refractivity contribution is 6.07. The Morgan fingerprint density at radius 2 is 2.00 bits per heavy atom. The molecule has 3 nitrogen and oxygen atoms in total. The van der Waals surface area contributed by atoms with E-state index in [-0.39, 0.29) is 11.5 Å². The molecule has 0 radical (unpaired) electrons. The van der Waals surface area contributed by atoms with Crippen molar-refractivity contribution in [1.82, 2.24) is 5.16 Å². The van der Waals surface area contributed by atoms with Gasteiger partial charge in [0.1, 0.15) is 0 Å². The van der Waals surface area contributed by atoms with Crippen molar-refractivity contribution in [3.63, 3.8) is 0 Å². The van der Waals surface area contributed by atoms with Crippen LogP contribution in [0.3, 0.4) is 0 Å². The van der Waals surface area contributed by atoms with Gasteiger partial charge in [0.25, 0.3) is 0 Å². The first-order valence-corrected chi connectivity index (χ1v) is 4.30. The van der Waals surface area contributed by atoms with Gasteiger partial charge < -0.3 is 4.52 Å². The van der Waals surface area contributed by atoms with Gasteiger partial charge in [-0.25, -0.2) is 0 Å². The third-order valence-corrected chi connectivity index (χ3v) is 1.89. The van der Waals surface area contributed by atoms with E-state index < -0.39 is 0 Å². The molecule has 0 N–H and O–H groups in total. The van der Waals surface area contributed by atoms with Crippen LogP contribution >= 0.6 is 0 Å². The van der Waals surface area contributed by atoms with Crippen LogP contribution in [-0.2, 0) is 0 Å². The van der Waals surface area contributed by atoms with Crippen molar-refractivity contribution in [2.24, 2.45) is 0 Å². The van der Waals surface area contributed by atoms with Gasteiger partial charge >= 0.3 is 0 Å². The third-order valence-electron chi connectivity index (χ3n) is 1.89. The van der Waals surface area contributed by atoms with Crippen LogP contribution in [-0.4, -0.2) is 10.9 Å². The number of ketones is 1. The van der Waals surface area contributed by atoms with E-state index in [0.29, 0.717) is 11.3 Å². The molecule has 0 aliphatic rings. The normalized spacial score (nSPS) is 10.1. The zero-order chi connectivity index (χ0) is 9.97. The summed E-state index contributed by atoms with van der Waals surface area (Å²) in [6.07, 6.45) is 0. The van der Waals surface area contributed by atoms with E-state index in [2.05, 4.69) is 5.16 Å². The Kier molecular flexibility index (Phi) is 2.14. The lowest BCUT2D eigenvalue weighted by Gasteiger charge is -1.93. The summed E-state index contributed by atoms with van der Waals surface area (Å²) in [6, 6.07) is 10.6. The predicted octanol–water partition coefficient (Wildman–Crippen LogP) is 2.21. The molecule has 0 bridgehead atoms. The van der Waals surface area contributed by atoms with E-state index in [1.54, 1.807) is 25.1 Å². The SMILES string of the molecule is Cc1cc(C(=O)c2ccccc2)on1. The van der Waals surface area contributed by atoms with Gasteiger partial charge in [-0.3, -0.25) is 4.79 Å². The van der Waals surface area contributed by atoms with Crippen LogP contribution in [0.1, 0.15) is 21.8 Å². The maximum atomic E-state index is 11.7. The first-order valence-electron chi connectivity index (χ1n) is 4.30. The molecule has 2 rings (SSSR count). The van der Waals surface area contributed by atoms with Crippen LogP contribution in [0.2, 0.25) is 0 Å². The Morgan fingerprint density at radius 3 is 2.57 bits per heavy atom. The lowest BCUT2D eigenvalue weighted by atomic mass is 10.1. The molecule has 1 aromatic carbocycles. The Hall–Kier alpha value is -1.90. The fourth-order valence-electron chi connectivity index (χ4n) is 1.20. The summed E-state index contributed by atoms with van der Waals surface area (Å²) in [4.78, 5) is 11.7. The summed E-state index contributed by atoms with van der Waals surface area (Å²) in [7, 11) is 0. The Balaban J connectivity index is 2.34. The van der Waals surface area contributed by atoms with Crippen LogP contribution < -0.4 is 0 Å². The second kappa shape index (κ2) is 3.46. The zero-order valence-corrected chi connectivity index (χ0v) is 7.73. The van der Waals surface area contributed by atoms with Crippen LogP contribution in [0.5, 0.6) is 0 Å². The molecule has 70 valence electrons. The molecule has 2 aromatic rings. The van der Waals surface area contributed by atoms with Gasteiger partial charge in [0.2, 0.25) is 11.5 Å². The minimum atomic E-state index is -0.133. The van der Waals surface area contributed by atoms with Gasteiger partial charge in [-0.15, -0.1) is 0 Å². The number of aryl methyl sites for hydroxylation is 1. The molecule has 3 heteroatoms. The van der Waals surface area contributed by atoms with Crippen molar-refractivity contribution in [3.8, 4) is 0 Å². The van der Waals surface area contributed by atoms with Crippen molar-refractivity contribution < 1.29 is 9.32 Å². The average Bonchev–Trinajstić information content (AvgIpc) is 2.65.